The van der Waals surface area contributed by atoms with E-state index in [1.807, 2.05) is 30.3 Å². The minimum Gasteiger partial charge on any atom is -0.507 e. The summed E-state index contributed by atoms with van der Waals surface area (Å²) in [5, 5.41) is 18.6. The summed E-state index contributed by atoms with van der Waals surface area (Å²) in [5.74, 6) is 1.03. The zero-order chi connectivity index (χ0) is 20.0. The summed E-state index contributed by atoms with van der Waals surface area (Å²) in [5.41, 5.74) is 5.70. The molecule has 0 spiro atoms. The van der Waals surface area contributed by atoms with Gasteiger partial charge >= 0.3 is 0 Å². The van der Waals surface area contributed by atoms with Crippen molar-refractivity contribution in [3.8, 4) is 16.9 Å². The van der Waals surface area contributed by atoms with Gasteiger partial charge < -0.3 is 10.4 Å². The number of nitrogens with one attached hydrogen (secondary N) is 1. The second-order valence-corrected chi connectivity index (χ2v) is 8.03. The van der Waals surface area contributed by atoms with Crippen molar-refractivity contribution in [2.75, 3.05) is 5.32 Å². The lowest BCUT2D eigenvalue weighted by Gasteiger charge is -2.12. The zero-order valence-corrected chi connectivity index (χ0v) is 16.9. The first-order valence-electron chi connectivity index (χ1n) is 9.39. The molecular formula is C24H19N3OS. The first-order chi connectivity index (χ1) is 14.1. The first kappa shape index (κ1) is 17.6. The fraction of sp³-hybridized carbons (Fsp3) is 0.0833. The molecule has 2 heterocycles. The number of rotatable bonds is 3. The molecule has 0 aliphatic carbocycles. The molecule has 0 atom stereocenters. The summed E-state index contributed by atoms with van der Waals surface area (Å²) in [6.07, 6.45) is 1.59. The van der Waals surface area contributed by atoms with Gasteiger partial charge in [0.1, 0.15) is 22.7 Å². The van der Waals surface area contributed by atoms with Crippen molar-refractivity contribution < 1.29 is 5.11 Å². The second kappa shape index (κ2) is 6.87. The van der Waals surface area contributed by atoms with E-state index in [0.29, 0.717) is 0 Å². The van der Waals surface area contributed by atoms with Gasteiger partial charge in [0.15, 0.2) is 0 Å². The Labute approximate surface area is 172 Å². The third-order valence-electron chi connectivity index (χ3n) is 5.19. The van der Waals surface area contributed by atoms with E-state index in [1.54, 1.807) is 23.7 Å². The molecule has 2 N–H and O–H groups in total. The predicted octanol–water partition coefficient (Wildman–Crippen LogP) is 6.58. The number of phenolic OH excluding ortho intramolecular Hbond substituents is 1. The Balaban J connectivity index is 1.69. The molecule has 0 saturated heterocycles. The highest BCUT2D eigenvalue weighted by Gasteiger charge is 2.15. The van der Waals surface area contributed by atoms with Crippen LogP contribution in [0.2, 0.25) is 0 Å². The highest BCUT2D eigenvalue weighted by atomic mass is 32.1. The summed E-state index contributed by atoms with van der Waals surface area (Å²) in [7, 11) is 0. The van der Waals surface area contributed by atoms with Gasteiger partial charge in [0.05, 0.1) is 5.39 Å². The molecule has 5 heteroatoms. The number of aromatic nitrogens is 2. The fourth-order valence-electron chi connectivity index (χ4n) is 3.81. The lowest BCUT2D eigenvalue weighted by atomic mass is 9.99. The molecular weight excluding hydrogens is 378 g/mol. The monoisotopic (exact) mass is 397 g/mol. The van der Waals surface area contributed by atoms with E-state index < -0.39 is 0 Å². The predicted molar refractivity (Wildman–Crippen MR) is 121 cm³/mol. The number of phenols is 1. The van der Waals surface area contributed by atoms with Crippen LogP contribution in [-0.2, 0) is 0 Å². The van der Waals surface area contributed by atoms with E-state index >= 15 is 0 Å². The standard InChI is InChI=1S/C24H19N3OS/c1-14-9-10-16(15(2)11-14)19-12-29-24-22(19)23(25-13-26-24)27-20-7-3-6-18-17(20)5-4-8-21(18)28/h3-13,28H,1-2H3,(H,25,26,27). The maximum absolute atomic E-state index is 10.2. The fourth-order valence-corrected chi connectivity index (χ4v) is 4.72. The van der Waals surface area contributed by atoms with E-state index in [4.69, 9.17) is 0 Å². The highest BCUT2D eigenvalue weighted by Crippen LogP contribution is 2.40. The largest absolute Gasteiger partial charge is 0.507 e. The lowest BCUT2D eigenvalue weighted by molar-refractivity contribution is 0.481. The molecule has 0 saturated carbocycles. The highest BCUT2D eigenvalue weighted by molar-refractivity contribution is 7.17. The maximum Gasteiger partial charge on any atom is 0.143 e. The van der Waals surface area contributed by atoms with Gasteiger partial charge in [-0.25, -0.2) is 9.97 Å². The van der Waals surface area contributed by atoms with Crippen LogP contribution in [0.1, 0.15) is 11.1 Å². The normalized spacial score (nSPS) is 11.2. The quantitative estimate of drug-likeness (QED) is 0.361. The minimum atomic E-state index is 0.269. The topological polar surface area (TPSA) is 58.0 Å². The molecule has 29 heavy (non-hydrogen) atoms. The van der Waals surface area contributed by atoms with E-state index in [0.717, 1.165) is 38.1 Å². The van der Waals surface area contributed by atoms with E-state index in [1.165, 1.54) is 16.7 Å². The SMILES string of the molecule is Cc1ccc(-c2csc3ncnc(Nc4cccc5c(O)cccc45)c23)c(C)c1. The lowest BCUT2D eigenvalue weighted by Crippen LogP contribution is -1.96. The molecule has 2 aromatic heterocycles. The van der Waals surface area contributed by atoms with Crippen molar-refractivity contribution >= 4 is 43.8 Å². The van der Waals surface area contributed by atoms with Crippen LogP contribution in [0.3, 0.4) is 0 Å². The van der Waals surface area contributed by atoms with Gasteiger partial charge in [-0.1, -0.05) is 48.0 Å². The summed E-state index contributed by atoms with van der Waals surface area (Å²) < 4.78 is 0. The average Bonchev–Trinajstić information content (AvgIpc) is 3.14. The van der Waals surface area contributed by atoms with Gasteiger partial charge in [0.25, 0.3) is 0 Å². The Morgan fingerprint density at radius 3 is 2.59 bits per heavy atom. The Bertz CT molecular complexity index is 1370. The molecule has 4 nitrogen and oxygen atoms in total. The third kappa shape index (κ3) is 3.00. The number of benzene rings is 3. The van der Waals surface area contributed by atoms with Crippen molar-refractivity contribution in [3.63, 3.8) is 0 Å². The summed E-state index contributed by atoms with van der Waals surface area (Å²) in [6, 6.07) is 17.9. The molecule has 0 amide bonds. The Morgan fingerprint density at radius 1 is 0.897 bits per heavy atom. The van der Waals surface area contributed by atoms with Crippen molar-refractivity contribution in [1.29, 1.82) is 0 Å². The van der Waals surface area contributed by atoms with Crippen LogP contribution < -0.4 is 5.32 Å². The number of hydrogen-bond acceptors (Lipinski definition) is 5. The number of aromatic hydroxyl groups is 1. The number of fused-ring (bicyclic) bond motifs is 2. The van der Waals surface area contributed by atoms with Crippen LogP contribution in [0.5, 0.6) is 5.75 Å². The molecule has 3 aromatic carbocycles. The summed E-state index contributed by atoms with van der Waals surface area (Å²) in [6.45, 7) is 4.24. The second-order valence-electron chi connectivity index (χ2n) is 7.17. The molecule has 0 radical (unpaired) electrons. The summed E-state index contributed by atoms with van der Waals surface area (Å²) in [4.78, 5) is 9.98. The zero-order valence-electron chi connectivity index (χ0n) is 16.1. The summed E-state index contributed by atoms with van der Waals surface area (Å²) >= 11 is 1.62. The molecule has 0 aliphatic heterocycles. The van der Waals surface area contributed by atoms with E-state index in [9.17, 15) is 5.11 Å². The molecule has 0 unspecified atom stereocenters. The Kier molecular flexibility index (Phi) is 4.18. The van der Waals surface area contributed by atoms with Gasteiger partial charge in [0.2, 0.25) is 0 Å². The average molecular weight is 398 g/mol. The van der Waals surface area contributed by atoms with Crippen molar-refractivity contribution in [3.05, 3.63) is 77.4 Å². The molecule has 5 aromatic rings. The van der Waals surface area contributed by atoms with Gasteiger partial charge in [-0.15, -0.1) is 11.3 Å². The number of anilines is 2. The van der Waals surface area contributed by atoms with Gasteiger partial charge in [-0.05, 0) is 37.1 Å². The molecule has 0 bridgehead atoms. The molecule has 5 rings (SSSR count). The van der Waals surface area contributed by atoms with E-state index in [2.05, 4.69) is 52.7 Å². The van der Waals surface area contributed by atoms with Crippen LogP contribution in [0, 0.1) is 13.8 Å². The van der Waals surface area contributed by atoms with Gasteiger partial charge in [0, 0.05) is 27.4 Å². The van der Waals surface area contributed by atoms with Gasteiger partial charge in [-0.2, -0.15) is 0 Å². The number of nitrogens with zero attached hydrogens (tertiary/aromatic N) is 2. The van der Waals surface area contributed by atoms with Crippen LogP contribution in [-0.4, -0.2) is 15.1 Å². The smallest absolute Gasteiger partial charge is 0.143 e. The van der Waals surface area contributed by atoms with Crippen LogP contribution in [0.25, 0.3) is 32.1 Å². The van der Waals surface area contributed by atoms with Crippen LogP contribution in [0.4, 0.5) is 11.5 Å². The minimum absolute atomic E-state index is 0.269. The number of hydrogen-bond donors (Lipinski definition) is 2. The number of aryl methyl sites for hydroxylation is 2. The first-order valence-corrected chi connectivity index (χ1v) is 10.3. The maximum atomic E-state index is 10.2. The number of thiophene rings is 1. The van der Waals surface area contributed by atoms with Crippen molar-refractivity contribution in [2.45, 2.75) is 13.8 Å². The molecule has 0 aliphatic rings. The van der Waals surface area contributed by atoms with E-state index in [-0.39, 0.29) is 5.75 Å². The van der Waals surface area contributed by atoms with Crippen molar-refractivity contribution in [2.24, 2.45) is 0 Å². The molecule has 142 valence electrons. The van der Waals surface area contributed by atoms with Crippen molar-refractivity contribution in [1.82, 2.24) is 9.97 Å². The third-order valence-corrected chi connectivity index (χ3v) is 6.08. The Morgan fingerprint density at radius 2 is 1.72 bits per heavy atom. The Hall–Kier alpha value is -3.44. The molecule has 0 fully saturated rings. The van der Waals surface area contributed by atoms with Gasteiger partial charge in [-0.3, -0.25) is 0 Å². The van der Waals surface area contributed by atoms with Crippen LogP contribution >= 0.6 is 11.3 Å². The van der Waals surface area contributed by atoms with Crippen LogP contribution in [0.15, 0.2) is 66.3 Å².